The van der Waals surface area contributed by atoms with Gasteiger partial charge in [-0.25, -0.2) is 23.0 Å². The highest BCUT2D eigenvalue weighted by molar-refractivity contribution is 7.93. The minimum absolute atomic E-state index is 0.0108. The summed E-state index contributed by atoms with van der Waals surface area (Å²) in [6.45, 7) is 1.85. The highest BCUT2D eigenvalue weighted by Gasteiger charge is 2.32. The van der Waals surface area contributed by atoms with Crippen LogP contribution in [-0.4, -0.2) is 58.7 Å². The molecule has 11 heteroatoms. The Kier molecular flexibility index (Phi) is 6.74. The van der Waals surface area contributed by atoms with Gasteiger partial charge in [0.05, 0.1) is 42.4 Å². The number of anilines is 1. The van der Waals surface area contributed by atoms with Crippen LogP contribution in [-0.2, 0) is 33.6 Å². The van der Waals surface area contributed by atoms with Gasteiger partial charge in [0.1, 0.15) is 12.4 Å². The molecule has 30 heavy (non-hydrogen) atoms. The molecule has 9 nitrogen and oxygen atoms in total. The van der Waals surface area contributed by atoms with Gasteiger partial charge in [-0.1, -0.05) is 13.3 Å². The van der Waals surface area contributed by atoms with E-state index in [0.29, 0.717) is 22.3 Å². The number of sulfone groups is 1. The van der Waals surface area contributed by atoms with Crippen molar-refractivity contribution in [3.63, 3.8) is 0 Å². The number of hydrogen-bond donors (Lipinski definition) is 0. The first-order valence-corrected chi connectivity index (χ1v) is 11.7. The van der Waals surface area contributed by atoms with E-state index < -0.39 is 21.8 Å². The van der Waals surface area contributed by atoms with Crippen LogP contribution in [0.4, 0.5) is 5.69 Å². The summed E-state index contributed by atoms with van der Waals surface area (Å²) in [7, 11) is -1.01. The maximum atomic E-state index is 12.5. The van der Waals surface area contributed by atoms with E-state index in [1.807, 2.05) is 6.92 Å². The smallest absolute Gasteiger partial charge is 0.355 e. The number of nitrogens with zero attached hydrogens (tertiary/aromatic N) is 2. The summed E-state index contributed by atoms with van der Waals surface area (Å²) in [6.07, 6.45) is 1.34. The molecular formula is C19H22N2O7S2. The van der Waals surface area contributed by atoms with Gasteiger partial charge in [-0.2, -0.15) is 0 Å². The van der Waals surface area contributed by atoms with Gasteiger partial charge in [0.25, 0.3) is 0 Å². The lowest BCUT2D eigenvalue weighted by Crippen LogP contribution is -2.38. The van der Waals surface area contributed by atoms with Crippen molar-refractivity contribution in [1.29, 1.82) is 0 Å². The molecule has 0 N–H and O–H groups in total. The third kappa shape index (κ3) is 4.32. The normalized spacial score (nSPS) is 14.8. The fourth-order valence-electron chi connectivity index (χ4n) is 2.96. The second-order valence-electron chi connectivity index (χ2n) is 6.52. The van der Waals surface area contributed by atoms with E-state index in [2.05, 4.69) is 4.98 Å². The van der Waals surface area contributed by atoms with Gasteiger partial charge >= 0.3 is 11.9 Å². The minimum atomic E-state index is -3.45. The Labute approximate surface area is 178 Å². The van der Waals surface area contributed by atoms with Crippen LogP contribution in [0.15, 0.2) is 33.8 Å². The molecule has 162 valence electrons. The number of hydrogen-bond acceptors (Lipinski definition) is 10. The van der Waals surface area contributed by atoms with Gasteiger partial charge in [-0.3, -0.25) is 0 Å². The molecule has 0 unspecified atom stereocenters. The van der Waals surface area contributed by atoms with Crippen LogP contribution >= 0.6 is 11.3 Å². The first kappa shape index (κ1) is 22.2. The predicted molar refractivity (Wildman–Crippen MR) is 111 cm³/mol. The summed E-state index contributed by atoms with van der Waals surface area (Å²) >= 11 is 1.07. The van der Waals surface area contributed by atoms with Gasteiger partial charge in [0, 0.05) is 5.69 Å². The second-order valence-corrected chi connectivity index (χ2v) is 9.83. The molecule has 0 saturated carbocycles. The van der Waals surface area contributed by atoms with E-state index in [0.717, 1.165) is 17.8 Å². The van der Waals surface area contributed by atoms with Crippen LogP contribution in [0, 0.1) is 0 Å². The van der Waals surface area contributed by atoms with Crippen LogP contribution in [0.25, 0.3) is 10.2 Å². The molecule has 0 spiro atoms. The van der Waals surface area contributed by atoms with Crippen LogP contribution in [0.1, 0.15) is 19.8 Å². The summed E-state index contributed by atoms with van der Waals surface area (Å²) in [5, 5.41) is 0. The lowest BCUT2D eigenvalue weighted by molar-refractivity contribution is -0.140. The molecule has 3 rings (SSSR count). The van der Waals surface area contributed by atoms with Crippen molar-refractivity contribution < 1.29 is 32.2 Å². The first-order chi connectivity index (χ1) is 14.3. The van der Waals surface area contributed by atoms with E-state index in [9.17, 15) is 18.0 Å². The number of carbonyl (C=O) groups excluding carboxylic acids is 2. The van der Waals surface area contributed by atoms with E-state index in [-0.39, 0.29) is 34.7 Å². The summed E-state index contributed by atoms with van der Waals surface area (Å²) < 4.78 is 40.7. The zero-order chi connectivity index (χ0) is 21.9. The minimum Gasteiger partial charge on any atom is -0.466 e. The Hall–Kier alpha value is -2.50. The number of methoxy groups -OCH3 is 2. The van der Waals surface area contributed by atoms with Gasteiger partial charge in [0.2, 0.25) is 14.2 Å². The lowest BCUT2D eigenvalue weighted by atomic mass is 10.1. The molecule has 1 aliphatic heterocycles. The average Bonchev–Trinajstić information content (AvgIpc) is 3.20. The number of esters is 2. The van der Waals surface area contributed by atoms with E-state index >= 15 is 0 Å². The highest BCUT2D eigenvalue weighted by atomic mass is 32.2. The maximum Gasteiger partial charge on any atom is 0.355 e. The number of ether oxygens (including phenoxy) is 3. The molecule has 0 atom stereocenters. The number of unbranched alkanes of at least 4 members (excludes halogenated alkanes) is 1. The van der Waals surface area contributed by atoms with Crippen LogP contribution in [0.3, 0.4) is 0 Å². The van der Waals surface area contributed by atoms with E-state index in [1.165, 1.54) is 19.1 Å². The molecule has 0 bridgehead atoms. The Morgan fingerprint density at radius 2 is 1.97 bits per heavy atom. The van der Waals surface area contributed by atoms with Crippen molar-refractivity contribution in [2.45, 2.75) is 24.1 Å². The van der Waals surface area contributed by atoms with Gasteiger partial charge < -0.3 is 19.1 Å². The van der Waals surface area contributed by atoms with Gasteiger partial charge in [-0.15, -0.1) is 11.3 Å². The number of carbonyl (C=O) groups is 2. The third-order valence-corrected chi connectivity index (χ3v) is 7.80. The molecule has 0 saturated heterocycles. The predicted octanol–water partition coefficient (Wildman–Crippen LogP) is 2.26. The van der Waals surface area contributed by atoms with Crippen molar-refractivity contribution in [1.82, 2.24) is 4.98 Å². The van der Waals surface area contributed by atoms with Crippen molar-refractivity contribution in [3.05, 3.63) is 29.5 Å². The SMILES string of the molecule is CCCCS(=O)(=O)c1nc2ccc(N3COCC(C(=O)OC)=C3C(=O)OC)cc2s1. The summed E-state index contributed by atoms with van der Waals surface area (Å²) in [5.41, 5.74) is 1.14. The average molecular weight is 455 g/mol. The van der Waals surface area contributed by atoms with Crippen molar-refractivity contribution in [2.24, 2.45) is 0 Å². The Morgan fingerprint density at radius 3 is 2.63 bits per heavy atom. The molecule has 1 aromatic heterocycles. The van der Waals surface area contributed by atoms with Crippen LogP contribution in [0.2, 0.25) is 0 Å². The van der Waals surface area contributed by atoms with Crippen LogP contribution in [0.5, 0.6) is 0 Å². The monoisotopic (exact) mass is 454 g/mol. The summed E-state index contributed by atoms with van der Waals surface area (Å²) in [4.78, 5) is 30.3. The van der Waals surface area contributed by atoms with Crippen molar-refractivity contribution in [3.8, 4) is 0 Å². The fourth-order valence-corrected chi connectivity index (χ4v) is 5.80. The zero-order valence-electron chi connectivity index (χ0n) is 16.8. The van der Waals surface area contributed by atoms with Crippen LogP contribution < -0.4 is 4.90 Å². The molecule has 0 aliphatic carbocycles. The van der Waals surface area contributed by atoms with Gasteiger partial charge in [0.15, 0.2) is 0 Å². The summed E-state index contributed by atoms with van der Waals surface area (Å²) in [6, 6.07) is 5.05. The number of aromatic nitrogens is 1. The van der Waals surface area contributed by atoms with Crippen molar-refractivity contribution in [2.75, 3.05) is 38.2 Å². The van der Waals surface area contributed by atoms with Gasteiger partial charge in [-0.05, 0) is 24.6 Å². The first-order valence-electron chi connectivity index (χ1n) is 9.20. The van der Waals surface area contributed by atoms with Crippen molar-refractivity contribution >= 4 is 49.0 Å². The highest BCUT2D eigenvalue weighted by Crippen LogP contribution is 2.33. The number of rotatable bonds is 7. The lowest BCUT2D eigenvalue weighted by Gasteiger charge is -2.31. The molecular weight excluding hydrogens is 432 g/mol. The molecule has 0 amide bonds. The van der Waals surface area contributed by atoms with E-state index in [1.54, 1.807) is 18.2 Å². The topological polar surface area (TPSA) is 112 Å². The summed E-state index contributed by atoms with van der Waals surface area (Å²) in [5.74, 6) is -1.34. The Bertz CT molecular complexity index is 1110. The number of thiazole rings is 1. The maximum absolute atomic E-state index is 12.5. The molecule has 1 aromatic carbocycles. The quantitative estimate of drug-likeness (QED) is 0.581. The third-order valence-electron chi connectivity index (χ3n) is 4.53. The van der Waals surface area contributed by atoms with E-state index in [4.69, 9.17) is 14.2 Å². The molecule has 1 aliphatic rings. The standard InChI is InChI=1S/C19H22N2O7S2/c1-4-5-8-30(24,25)19-20-14-7-6-12(9-15(14)29-19)21-11-28-10-13(17(22)26-2)16(21)18(23)27-3/h6-7,9H,4-5,8,10-11H2,1-3H3. The largest absolute Gasteiger partial charge is 0.466 e. The Morgan fingerprint density at radius 1 is 1.23 bits per heavy atom. The molecule has 0 fully saturated rings. The Balaban J connectivity index is 2.05. The zero-order valence-corrected chi connectivity index (χ0v) is 18.5. The fraction of sp³-hybridized carbons (Fsp3) is 0.421. The number of benzene rings is 1. The molecule has 0 radical (unpaired) electrons. The molecule has 2 heterocycles. The molecule has 2 aromatic rings. The number of fused-ring (bicyclic) bond motifs is 1. The second kappa shape index (κ2) is 9.11.